The highest BCUT2D eigenvalue weighted by Crippen LogP contribution is 2.68. The van der Waals surface area contributed by atoms with Crippen molar-refractivity contribution in [2.75, 3.05) is 0 Å². The Kier molecular flexibility index (Phi) is 4.30. The second kappa shape index (κ2) is 6.81. The average Bonchev–Trinajstić information content (AvgIpc) is 3.47. The van der Waals surface area contributed by atoms with Crippen LogP contribution in [0, 0.1) is 36.5 Å². The van der Waals surface area contributed by atoms with Crippen LogP contribution < -0.4 is 4.87 Å². The molecule has 1 saturated heterocycles. The van der Waals surface area contributed by atoms with E-state index in [1.54, 1.807) is 11.8 Å². The van der Waals surface area contributed by atoms with E-state index in [2.05, 4.69) is 29.2 Å². The molecule has 32 heavy (non-hydrogen) atoms. The molecule has 3 fully saturated rings. The number of aryl methyl sites for hydroxylation is 1. The first kappa shape index (κ1) is 20.2. The molecule has 3 heterocycles. The molecular weight excluding hydrogens is 448 g/mol. The number of likely N-dealkylation sites (tertiary alicyclic amines) is 1. The van der Waals surface area contributed by atoms with Gasteiger partial charge in [-0.25, -0.2) is 4.79 Å². The number of carbonyl (C=O) groups excluding carboxylic acids is 2. The van der Waals surface area contributed by atoms with Gasteiger partial charge in [0, 0.05) is 16.0 Å². The lowest BCUT2D eigenvalue weighted by Crippen LogP contribution is -2.44. The lowest BCUT2D eigenvalue weighted by atomic mass is 9.68. The van der Waals surface area contributed by atoms with Gasteiger partial charge in [0.1, 0.15) is 6.04 Å². The highest BCUT2D eigenvalue weighted by atomic mass is 32.2. The summed E-state index contributed by atoms with van der Waals surface area (Å²) in [5, 5.41) is 10.4. The predicted molar refractivity (Wildman–Crippen MR) is 119 cm³/mol. The van der Waals surface area contributed by atoms with E-state index >= 15 is 0 Å². The normalized spacial score (nSPS) is 35.6. The fourth-order valence-corrected chi connectivity index (χ4v) is 9.57. The quantitative estimate of drug-likeness (QED) is 0.668. The van der Waals surface area contributed by atoms with Gasteiger partial charge in [-0.05, 0) is 43.6 Å². The fourth-order valence-electron chi connectivity index (χ4n) is 6.68. The number of carbonyl (C=O) groups is 3. The van der Waals surface area contributed by atoms with Gasteiger partial charge in [-0.2, -0.15) is 0 Å². The Morgan fingerprint density at radius 3 is 2.44 bits per heavy atom. The van der Waals surface area contributed by atoms with Crippen LogP contribution in [0.3, 0.4) is 0 Å². The van der Waals surface area contributed by atoms with E-state index in [9.17, 15) is 24.3 Å². The fraction of sp³-hybridized carbons (Fsp3) is 0.478. The van der Waals surface area contributed by atoms with Crippen molar-refractivity contribution in [3.05, 3.63) is 49.9 Å². The van der Waals surface area contributed by atoms with E-state index in [-0.39, 0.29) is 45.6 Å². The summed E-state index contributed by atoms with van der Waals surface area (Å²) in [5.74, 6) is -2.61. The molecule has 2 saturated carbocycles. The molecule has 6 rings (SSSR count). The zero-order valence-electron chi connectivity index (χ0n) is 17.5. The second-order valence-corrected chi connectivity index (χ2v) is 11.6. The van der Waals surface area contributed by atoms with Gasteiger partial charge in [0.2, 0.25) is 11.8 Å². The monoisotopic (exact) mass is 470 g/mol. The van der Waals surface area contributed by atoms with Gasteiger partial charge in [0.15, 0.2) is 0 Å². The molecule has 166 valence electrons. The van der Waals surface area contributed by atoms with Gasteiger partial charge >= 0.3 is 10.8 Å². The molecule has 7 nitrogen and oxygen atoms in total. The van der Waals surface area contributed by atoms with Gasteiger partial charge in [-0.1, -0.05) is 41.2 Å². The number of nitrogens with zero attached hydrogens (tertiary/aromatic N) is 1. The number of thiazole rings is 1. The molecule has 2 N–H and O–H groups in total. The van der Waals surface area contributed by atoms with Gasteiger partial charge in [0.25, 0.3) is 0 Å². The number of aromatic nitrogens is 1. The summed E-state index contributed by atoms with van der Waals surface area (Å²) in [6.07, 6.45) is 0.798. The highest BCUT2D eigenvalue weighted by Gasteiger charge is 2.70. The van der Waals surface area contributed by atoms with E-state index in [1.165, 1.54) is 18.3 Å². The maximum Gasteiger partial charge on any atom is 0.326 e. The number of aliphatic carboxylic acids is 1. The number of H-pyrrole nitrogens is 1. The first-order chi connectivity index (χ1) is 15.3. The number of benzene rings is 1. The first-order valence-corrected chi connectivity index (χ1v) is 12.5. The van der Waals surface area contributed by atoms with Crippen LogP contribution in [0.4, 0.5) is 0 Å². The van der Waals surface area contributed by atoms with Crippen molar-refractivity contribution in [3.63, 3.8) is 0 Å². The molecule has 1 aromatic heterocycles. The largest absolute Gasteiger partial charge is 0.480 e. The molecule has 0 radical (unpaired) electrons. The van der Waals surface area contributed by atoms with Gasteiger partial charge in [0.05, 0.1) is 16.9 Å². The Balaban J connectivity index is 1.45. The predicted octanol–water partition coefficient (Wildman–Crippen LogP) is 2.69. The Bertz CT molecular complexity index is 1220. The van der Waals surface area contributed by atoms with Crippen LogP contribution in [0.2, 0.25) is 0 Å². The van der Waals surface area contributed by atoms with E-state index in [0.29, 0.717) is 0 Å². The Morgan fingerprint density at radius 2 is 1.78 bits per heavy atom. The Labute approximate surface area is 192 Å². The summed E-state index contributed by atoms with van der Waals surface area (Å²) in [7, 11) is 0. The van der Waals surface area contributed by atoms with E-state index in [1.807, 2.05) is 6.92 Å². The molecule has 2 bridgehead atoms. The molecule has 0 unspecified atom stereocenters. The van der Waals surface area contributed by atoms with Crippen molar-refractivity contribution in [1.82, 2.24) is 9.88 Å². The number of hydrogen-bond donors (Lipinski definition) is 2. The smallest absolute Gasteiger partial charge is 0.326 e. The van der Waals surface area contributed by atoms with Crippen LogP contribution in [0.15, 0.2) is 34.1 Å². The SMILES string of the molecule is Cc1ccc([C@@H]2c3sc(=O)[nH]c3S[C@H]3[C@@H]4C[C@H]([C@H]5C(=O)N([C@@H](C)C(=O)O)C(=O)[C@H]45)[C@H]23)cc1. The van der Waals surface area contributed by atoms with Crippen molar-refractivity contribution >= 4 is 40.9 Å². The van der Waals surface area contributed by atoms with Crippen molar-refractivity contribution in [2.24, 2.45) is 29.6 Å². The number of carboxylic acid groups (broad SMARTS) is 1. The number of carboxylic acids is 1. The van der Waals surface area contributed by atoms with Crippen LogP contribution in [-0.4, -0.2) is 44.1 Å². The van der Waals surface area contributed by atoms with Gasteiger partial charge < -0.3 is 10.1 Å². The average molecular weight is 471 g/mol. The molecule has 1 aromatic carbocycles. The topological polar surface area (TPSA) is 108 Å². The second-order valence-electron chi connectivity index (χ2n) is 9.43. The lowest BCUT2D eigenvalue weighted by Gasteiger charge is -2.43. The summed E-state index contributed by atoms with van der Waals surface area (Å²) >= 11 is 2.88. The summed E-state index contributed by atoms with van der Waals surface area (Å²) in [5.41, 5.74) is 2.28. The maximum atomic E-state index is 13.3. The Hall–Kier alpha value is -2.39. The van der Waals surface area contributed by atoms with Crippen LogP contribution in [0.5, 0.6) is 0 Å². The number of amides is 2. The molecule has 8 atom stereocenters. The van der Waals surface area contributed by atoms with Gasteiger partial charge in [-0.15, -0.1) is 11.8 Å². The molecule has 2 aliphatic heterocycles. The number of hydrogen-bond acceptors (Lipinski definition) is 6. The van der Waals surface area contributed by atoms with Gasteiger partial charge in [-0.3, -0.25) is 19.3 Å². The lowest BCUT2D eigenvalue weighted by molar-refractivity contribution is -0.154. The Morgan fingerprint density at radius 1 is 1.12 bits per heavy atom. The summed E-state index contributed by atoms with van der Waals surface area (Å²) < 4.78 is 0. The number of rotatable bonds is 3. The molecule has 2 aliphatic carbocycles. The van der Waals surface area contributed by atoms with Crippen molar-refractivity contribution < 1.29 is 19.5 Å². The maximum absolute atomic E-state index is 13.3. The molecular formula is C23H22N2O5S2. The summed E-state index contributed by atoms with van der Waals surface area (Å²) in [4.78, 5) is 55.3. The van der Waals surface area contributed by atoms with Crippen molar-refractivity contribution in [2.45, 2.75) is 42.5 Å². The third kappa shape index (κ3) is 2.55. The number of imide groups is 1. The van der Waals surface area contributed by atoms with Crippen LogP contribution in [0.1, 0.15) is 35.3 Å². The molecule has 2 aromatic rings. The zero-order chi connectivity index (χ0) is 22.5. The zero-order valence-corrected chi connectivity index (χ0v) is 19.1. The van der Waals surface area contributed by atoms with Crippen LogP contribution >= 0.6 is 23.1 Å². The molecule has 4 aliphatic rings. The van der Waals surface area contributed by atoms with Crippen LogP contribution in [0.25, 0.3) is 0 Å². The third-order valence-electron chi connectivity index (χ3n) is 7.94. The molecule has 0 spiro atoms. The van der Waals surface area contributed by atoms with E-state index in [4.69, 9.17) is 0 Å². The summed E-state index contributed by atoms with van der Waals surface area (Å²) in [6, 6.07) is 7.19. The van der Waals surface area contributed by atoms with Crippen molar-refractivity contribution in [3.8, 4) is 0 Å². The molecule has 9 heteroatoms. The standard InChI is InChI=1S/C23H22N2O5S2/c1-8-3-5-10(6-4-8)13-14-11-7-12(17(14)31-19-18(13)32-23(30)24-19)16-15(11)20(26)25(21(16)27)9(2)22(28)29/h3-6,9,11-17H,7H2,1-2H3,(H,24,30)(H,28,29)/t9-,11-,12+,13-,14+,15+,16+,17-/m0/s1. The summed E-state index contributed by atoms with van der Waals surface area (Å²) in [6.45, 7) is 3.44. The van der Waals surface area contributed by atoms with Crippen LogP contribution in [-0.2, 0) is 14.4 Å². The van der Waals surface area contributed by atoms with Crippen molar-refractivity contribution in [1.29, 1.82) is 0 Å². The molecule has 2 amide bonds. The minimum atomic E-state index is -1.16. The van der Waals surface area contributed by atoms with E-state index < -0.39 is 23.8 Å². The first-order valence-electron chi connectivity index (χ1n) is 10.8. The minimum Gasteiger partial charge on any atom is -0.480 e. The number of thioether (sulfide) groups is 1. The number of nitrogens with one attached hydrogen (secondary N) is 1. The third-order valence-corrected chi connectivity index (χ3v) is 10.5. The number of aromatic amines is 1. The highest BCUT2D eigenvalue weighted by molar-refractivity contribution is 8.00. The number of fused-ring (bicyclic) bond motifs is 9. The minimum absolute atomic E-state index is 0.00148. The van der Waals surface area contributed by atoms with E-state index in [0.717, 1.165) is 32.4 Å².